The molecule has 1 aliphatic rings. The summed E-state index contributed by atoms with van der Waals surface area (Å²) in [6.07, 6.45) is 4.52. The predicted octanol–water partition coefficient (Wildman–Crippen LogP) is 4.05. The summed E-state index contributed by atoms with van der Waals surface area (Å²) in [6, 6.07) is 8.97. The standard InChI is InChI=1S/C18H22N2O/c1-12-5-4-6-17(14(12)3)21-18-13(2)9-15(11-20-18)10-19-16-7-8-16/h4-6,9,11,16,19H,7-8,10H2,1-3H3. The van der Waals surface area contributed by atoms with E-state index >= 15 is 0 Å². The van der Waals surface area contributed by atoms with Crippen molar-refractivity contribution in [2.75, 3.05) is 0 Å². The minimum absolute atomic E-state index is 0.693. The van der Waals surface area contributed by atoms with Gasteiger partial charge in [0.05, 0.1) is 0 Å². The Labute approximate surface area is 126 Å². The number of rotatable bonds is 5. The predicted molar refractivity (Wildman–Crippen MR) is 84.8 cm³/mol. The van der Waals surface area contributed by atoms with Crippen LogP contribution in [0.25, 0.3) is 0 Å². The molecule has 3 heteroatoms. The van der Waals surface area contributed by atoms with Gasteiger partial charge >= 0.3 is 0 Å². The summed E-state index contributed by atoms with van der Waals surface area (Å²) in [4.78, 5) is 4.48. The fraction of sp³-hybridized carbons (Fsp3) is 0.389. The molecule has 1 saturated carbocycles. The summed E-state index contributed by atoms with van der Waals surface area (Å²) in [5.41, 5.74) is 4.69. The molecule has 2 aromatic rings. The lowest BCUT2D eigenvalue weighted by Crippen LogP contribution is -2.15. The minimum atomic E-state index is 0.693. The number of benzene rings is 1. The van der Waals surface area contributed by atoms with E-state index in [4.69, 9.17) is 4.74 Å². The molecule has 110 valence electrons. The molecule has 0 amide bonds. The fourth-order valence-corrected chi connectivity index (χ4v) is 2.31. The Hall–Kier alpha value is -1.87. The molecule has 21 heavy (non-hydrogen) atoms. The number of aromatic nitrogens is 1. The molecule has 0 radical (unpaired) electrons. The van der Waals surface area contributed by atoms with Crippen LogP contribution in [-0.2, 0) is 6.54 Å². The maximum Gasteiger partial charge on any atom is 0.222 e. The van der Waals surface area contributed by atoms with E-state index in [9.17, 15) is 0 Å². The highest BCUT2D eigenvalue weighted by Gasteiger charge is 2.20. The van der Waals surface area contributed by atoms with Crippen molar-refractivity contribution in [1.82, 2.24) is 10.3 Å². The summed E-state index contributed by atoms with van der Waals surface area (Å²) in [5, 5.41) is 3.51. The zero-order chi connectivity index (χ0) is 14.8. The van der Waals surface area contributed by atoms with Crippen molar-refractivity contribution in [2.45, 2.75) is 46.2 Å². The Bertz CT molecular complexity index is 648. The summed E-state index contributed by atoms with van der Waals surface area (Å²) >= 11 is 0. The van der Waals surface area contributed by atoms with Gasteiger partial charge in [0.25, 0.3) is 0 Å². The average molecular weight is 282 g/mol. The lowest BCUT2D eigenvalue weighted by molar-refractivity contribution is 0.454. The van der Waals surface area contributed by atoms with Crippen LogP contribution in [0, 0.1) is 20.8 Å². The van der Waals surface area contributed by atoms with Crippen molar-refractivity contribution in [3.8, 4) is 11.6 Å². The smallest absolute Gasteiger partial charge is 0.222 e. The molecular weight excluding hydrogens is 260 g/mol. The van der Waals surface area contributed by atoms with Gasteiger partial charge in [0, 0.05) is 24.3 Å². The normalized spacial score (nSPS) is 14.2. The first-order valence-electron chi connectivity index (χ1n) is 7.56. The van der Waals surface area contributed by atoms with Crippen LogP contribution < -0.4 is 10.1 Å². The molecule has 3 nitrogen and oxygen atoms in total. The molecule has 0 bridgehead atoms. The Kier molecular flexibility index (Phi) is 3.93. The van der Waals surface area contributed by atoms with Crippen LogP contribution in [0.4, 0.5) is 0 Å². The topological polar surface area (TPSA) is 34.2 Å². The van der Waals surface area contributed by atoms with Crippen LogP contribution in [-0.4, -0.2) is 11.0 Å². The van der Waals surface area contributed by atoms with Crippen LogP contribution in [0.3, 0.4) is 0 Å². The molecular formula is C18H22N2O. The number of hydrogen-bond acceptors (Lipinski definition) is 3. The van der Waals surface area contributed by atoms with Gasteiger partial charge in [-0.1, -0.05) is 12.1 Å². The first-order chi connectivity index (χ1) is 10.1. The fourth-order valence-electron chi connectivity index (χ4n) is 2.31. The Morgan fingerprint density at radius 1 is 1.19 bits per heavy atom. The van der Waals surface area contributed by atoms with E-state index in [0.29, 0.717) is 5.88 Å². The van der Waals surface area contributed by atoms with Gasteiger partial charge < -0.3 is 10.1 Å². The molecule has 1 heterocycles. The van der Waals surface area contributed by atoms with Crippen molar-refractivity contribution in [3.63, 3.8) is 0 Å². The lowest BCUT2D eigenvalue weighted by atomic mass is 10.1. The van der Waals surface area contributed by atoms with E-state index in [2.05, 4.69) is 36.3 Å². The molecule has 0 atom stereocenters. The van der Waals surface area contributed by atoms with Crippen LogP contribution in [0.15, 0.2) is 30.5 Å². The molecule has 0 aliphatic heterocycles. The van der Waals surface area contributed by atoms with E-state index in [1.54, 1.807) is 0 Å². The minimum Gasteiger partial charge on any atom is -0.438 e. The number of nitrogens with one attached hydrogen (secondary N) is 1. The first-order valence-corrected chi connectivity index (χ1v) is 7.56. The van der Waals surface area contributed by atoms with Crippen molar-refractivity contribution in [1.29, 1.82) is 0 Å². The number of ether oxygens (including phenoxy) is 1. The van der Waals surface area contributed by atoms with Gasteiger partial charge in [0.15, 0.2) is 0 Å². The SMILES string of the molecule is Cc1cc(CNC2CC2)cnc1Oc1cccc(C)c1C. The molecule has 1 N–H and O–H groups in total. The molecule has 1 aromatic carbocycles. The number of nitrogens with zero attached hydrogens (tertiary/aromatic N) is 1. The van der Waals surface area contributed by atoms with Crippen molar-refractivity contribution in [3.05, 3.63) is 52.7 Å². The van der Waals surface area contributed by atoms with Crippen LogP contribution in [0.5, 0.6) is 11.6 Å². The molecule has 1 aliphatic carbocycles. The quantitative estimate of drug-likeness (QED) is 0.898. The summed E-state index contributed by atoms with van der Waals surface area (Å²) in [6.45, 7) is 7.11. The van der Waals surface area contributed by atoms with E-state index in [1.165, 1.54) is 24.0 Å². The number of hydrogen-bond donors (Lipinski definition) is 1. The first kappa shape index (κ1) is 14.1. The van der Waals surface area contributed by atoms with E-state index in [0.717, 1.165) is 29.5 Å². The number of pyridine rings is 1. The second-order valence-electron chi connectivity index (χ2n) is 5.92. The average Bonchev–Trinajstić information content (AvgIpc) is 3.28. The summed E-state index contributed by atoms with van der Waals surface area (Å²) in [7, 11) is 0. The largest absolute Gasteiger partial charge is 0.438 e. The maximum absolute atomic E-state index is 5.98. The van der Waals surface area contributed by atoms with E-state index in [-0.39, 0.29) is 0 Å². The highest BCUT2D eigenvalue weighted by Crippen LogP contribution is 2.28. The van der Waals surface area contributed by atoms with Gasteiger partial charge in [0.1, 0.15) is 5.75 Å². The van der Waals surface area contributed by atoms with Gasteiger partial charge in [-0.05, 0) is 62.4 Å². The Morgan fingerprint density at radius 3 is 2.71 bits per heavy atom. The van der Waals surface area contributed by atoms with E-state index in [1.807, 2.05) is 25.3 Å². The zero-order valence-corrected chi connectivity index (χ0v) is 12.9. The van der Waals surface area contributed by atoms with E-state index < -0.39 is 0 Å². The van der Waals surface area contributed by atoms with Crippen molar-refractivity contribution in [2.24, 2.45) is 0 Å². The van der Waals surface area contributed by atoms with Crippen molar-refractivity contribution >= 4 is 0 Å². The van der Waals surface area contributed by atoms with Crippen LogP contribution in [0.2, 0.25) is 0 Å². The second kappa shape index (κ2) is 5.86. The second-order valence-corrected chi connectivity index (χ2v) is 5.92. The monoisotopic (exact) mass is 282 g/mol. The van der Waals surface area contributed by atoms with Gasteiger partial charge in [-0.15, -0.1) is 0 Å². The van der Waals surface area contributed by atoms with Crippen molar-refractivity contribution < 1.29 is 4.74 Å². The van der Waals surface area contributed by atoms with Crippen LogP contribution >= 0.6 is 0 Å². The van der Waals surface area contributed by atoms with Gasteiger partial charge in [-0.3, -0.25) is 0 Å². The van der Waals surface area contributed by atoms with Gasteiger partial charge in [0.2, 0.25) is 5.88 Å². The third-order valence-electron chi connectivity index (χ3n) is 4.02. The van der Waals surface area contributed by atoms with Gasteiger partial charge in [-0.2, -0.15) is 0 Å². The number of aryl methyl sites for hydroxylation is 2. The highest BCUT2D eigenvalue weighted by atomic mass is 16.5. The molecule has 1 fully saturated rings. The maximum atomic E-state index is 5.98. The lowest BCUT2D eigenvalue weighted by Gasteiger charge is -2.12. The molecule has 0 spiro atoms. The molecule has 1 aromatic heterocycles. The Morgan fingerprint density at radius 2 is 2.00 bits per heavy atom. The molecule has 3 rings (SSSR count). The third kappa shape index (κ3) is 3.42. The molecule has 0 unspecified atom stereocenters. The van der Waals surface area contributed by atoms with Gasteiger partial charge in [-0.25, -0.2) is 4.98 Å². The zero-order valence-electron chi connectivity index (χ0n) is 12.9. The third-order valence-corrected chi connectivity index (χ3v) is 4.02. The molecule has 0 saturated heterocycles. The van der Waals surface area contributed by atoms with Crippen LogP contribution in [0.1, 0.15) is 35.1 Å². The Balaban J connectivity index is 1.74. The highest BCUT2D eigenvalue weighted by molar-refractivity contribution is 5.41. The summed E-state index contributed by atoms with van der Waals surface area (Å²) < 4.78 is 5.98. The summed E-state index contributed by atoms with van der Waals surface area (Å²) in [5.74, 6) is 1.58.